The van der Waals surface area contributed by atoms with Gasteiger partial charge in [0.05, 0.1) is 26.4 Å². The van der Waals surface area contributed by atoms with E-state index in [2.05, 4.69) is 203 Å². The SMILES string of the molecule is CC/C=C\C/C=C\C/C=C\C/C=C\C/C=C\CCCCCCCCCCCC(=O)OCC(O)COP(=O)(O)OCC(O)COP(=O)(O)OCC(COC(=O)CCCCCCC/C=C\C/C=C\C/C=C\C/C=C\C/C=C\CC)OC(=O)CCCCC/C=C\C/C=C\C/C=C\C/C=C\C/C=C\CC. The van der Waals surface area contributed by atoms with Gasteiger partial charge in [-0.1, -0.05) is 274 Å². The average Bonchev–Trinajstić information content (AvgIpc) is 0.990. The topological polar surface area (TPSA) is 231 Å². The summed E-state index contributed by atoms with van der Waals surface area (Å²) in [5.41, 5.74) is 0. The summed E-state index contributed by atoms with van der Waals surface area (Å²) in [6, 6.07) is 0. The predicted molar refractivity (Wildman–Crippen MR) is 417 cm³/mol. The largest absolute Gasteiger partial charge is 0.472 e. The highest BCUT2D eigenvalue weighted by atomic mass is 31.2. The van der Waals surface area contributed by atoms with E-state index in [1.807, 2.05) is 0 Å². The van der Waals surface area contributed by atoms with Gasteiger partial charge < -0.3 is 34.2 Å². The number of hydrogen-bond acceptors (Lipinski definition) is 14. The van der Waals surface area contributed by atoms with Crippen LogP contribution < -0.4 is 0 Å². The van der Waals surface area contributed by atoms with Crippen LogP contribution in [-0.4, -0.2) is 95.9 Å². The third kappa shape index (κ3) is 75.6. The molecule has 5 unspecified atom stereocenters. The van der Waals surface area contributed by atoms with Crippen molar-refractivity contribution in [3.8, 4) is 0 Å². The molecule has 0 spiro atoms. The predicted octanol–water partition coefficient (Wildman–Crippen LogP) is 22.2. The number of phosphoric acid groups is 2. The van der Waals surface area contributed by atoms with Crippen molar-refractivity contribution in [2.45, 2.75) is 283 Å². The maximum absolute atomic E-state index is 13.0. The first-order valence-electron chi connectivity index (χ1n) is 38.1. The molecule has 5 atom stereocenters. The minimum atomic E-state index is -4.95. The van der Waals surface area contributed by atoms with E-state index in [1.165, 1.54) is 25.7 Å². The summed E-state index contributed by atoms with van der Waals surface area (Å²) < 4.78 is 61.1. The Labute approximate surface area is 611 Å². The lowest BCUT2D eigenvalue weighted by Crippen LogP contribution is -2.30. The van der Waals surface area contributed by atoms with E-state index in [4.69, 9.17) is 32.3 Å². The number of ether oxygens (including phenoxy) is 3. The van der Waals surface area contributed by atoms with Gasteiger partial charge in [0, 0.05) is 19.3 Å². The molecule has 101 heavy (non-hydrogen) atoms. The molecule has 0 amide bonds. The van der Waals surface area contributed by atoms with Gasteiger partial charge in [0.25, 0.3) is 0 Å². The monoisotopic (exact) mass is 1450 g/mol. The Bertz CT molecular complexity index is 2570. The van der Waals surface area contributed by atoms with Gasteiger partial charge in [0.1, 0.15) is 25.4 Å². The van der Waals surface area contributed by atoms with Crippen molar-refractivity contribution >= 4 is 33.6 Å². The molecule has 0 aliphatic heterocycles. The molecule has 0 heterocycles. The molecule has 16 nitrogen and oxygen atoms in total. The third-order valence-electron chi connectivity index (χ3n) is 15.1. The molecule has 0 bridgehead atoms. The fraction of sp³-hybridized carbons (Fsp3) is 0.602. The van der Waals surface area contributed by atoms with E-state index in [-0.39, 0.29) is 19.3 Å². The second kappa shape index (κ2) is 74.4. The molecule has 0 fully saturated rings. The van der Waals surface area contributed by atoms with Gasteiger partial charge in [-0.2, -0.15) is 0 Å². The molecule has 0 rings (SSSR count). The summed E-state index contributed by atoms with van der Waals surface area (Å²) in [7, 11) is -9.82. The number of carbonyl (C=O) groups excluding carboxylic acids is 3. The summed E-state index contributed by atoms with van der Waals surface area (Å²) in [6.45, 7) is 2.24. The van der Waals surface area contributed by atoms with Crippen LogP contribution in [0.1, 0.15) is 265 Å². The molecule has 0 aromatic carbocycles. The Hall–Kier alpha value is -5.35. The lowest BCUT2D eigenvalue weighted by Gasteiger charge is -2.21. The van der Waals surface area contributed by atoms with Gasteiger partial charge in [0.2, 0.25) is 0 Å². The quantitative estimate of drug-likeness (QED) is 0.0146. The molecule has 0 aliphatic carbocycles. The fourth-order valence-corrected chi connectivity index (χ4v) is 11.0. The van der Waals surface area contributed by atoms with Crippen LogP contribution in [0, 0.1) is 0 Å². The number of esters is 3. The van der Waals surface area contributed by atoms with Crippen LogP contribution in [0.4, 0.5) is 0 Å². The molecular formula is C83H134O16P2. The number of aliphatic hydroxyl groups excluding tert-OH is 2. The van der Waals surface area contributed by atoms with Gasteiger partial charge in [-0.15, -0.1) is 0 Å². The highest BCUT2D eigenvalue weighted by molar-refractivity contribution is 7.47. The Morgan fingerprint density at radius 1 is 0.277 bits per heavy atom. The van der Waals surface area contributed by atoms with Crippen LogP contribution in [0.3, 0.4) is 0 Å². The van der Waals surface area contributed by atoms with Crippen molar-refractivity contribution in [3.63, 3.8) is 0 Å². The van der Waals surface area contributed by atoms with Crippen LogP contribution in [0.2, 0.25) is 0 Å². The van der Waals surface area contributed by atoms with Crippen LogP contribution in [0.25, 0.3) is 0 Å². The summed E-state index contributed by atoms with van der Waals surface area (Å²) in [4.78, 5) is 58.6. The summed E-state index contributed by atoms with van der Waals surface area (Å²) in [5, 5.41) is 20.6. The Kier molecular flexibility index (Phi) is 70.4. The van der Waals surface area contributed by atoms with E-state index in [0.29, 0.717) is 19.3 Å². The standard InChI is InChI=1S/C83H134O16P2/c1-4-7-10-13-16-19-22-25-28-31-34-36-37-38-39-41-44-45-48-51-54-57-60-63-66-69-81(86)93-72-78(84)73-95-100(89,90)96-74-79(85)75-97-101(91,92)98-77-80(99-83(88)71-68-65-62-59-56-53-50-47-42-33-30-27-24-21-18-15-12-9-6-3)76-94-82(87)70-67-64-61-58-55-52-49-46-43-40-35-32-29-26-23-20-17-14-11-8-5-2/h7-12,16-21,25-30,34-36,38-40,42,46-47,49,53,56,78-80,84-85H,4-6,13-15,22-24,31-33,37,41,43-45,48,50-52,54-55,57-77H2,1-3H3,(H,89,90)(H,91,92)/b10-7-,11-8-,12-9-,19-16-,20-17-,21-18-,28-25-,29-26-,30-27-,36-34-,39-38-,40-35-,47-42-,49-46-,56-53-. The van der Waals surface area contributed by atoms with Gasteiger partial charge in [-0.25, -0.2) is 9.13 Å². The van der Waals surface area contributed by atoms with Crippen molar-refractivity contribution in [1.82, 2.24) is 0 Å². The molecule has 0 radical (unpaired) electrons. The summed E-state index contributed by atoms with van der Waals surface area (Å²) in [5.74, 6) is -1.65. The first kappa shape index (κ1) is 95.6. The molecule has 0 aromatic rings. The maximum atomic E-state index is 13.0. The zero-order valence-electron chi connectivity index (χ0n) is 62.2. The van der Waals surface area contributed by atoms with Crippen LogP contribution in [0.5, 0.6) is 0 Å². The minimum Gasteiger partial charge on any atom is -0.463 e. The summed E-state index contributed by atoms with van der Waals surface area (Å²) in [6.07, 6.45) is 95.0. The molecule has 0 aliphatic rings. The van der Waals surface area contributed by atoms with Gasteiger partial charge >= 0.3 is 33.6 Å². The lowest BCUT2D eigenvalue weighted by atomic mass is 10.1. The zero-order chi connectivity index (χ0) is 73.7. The highest BCUT2D eigenvalue weighted by Gasteiger charge is 2.29. The molecular weight excluding hydrogens is 1310 g/mol. The minimum absolute atomic E-state index is 0.0531. The first-order chi connectivity index (χ1) is 49.2. The van der Waals surface area contributed by atoms with Crippen LogP contribution in [0.15, 0.2) is 182 Å². The third-order valence-corrected chi connectivity index (χ3v) is 17.0. The van der Waals surface area contributed by atoms with Gasteiger partial charge in [-0.05, 0) is 154 Å². The van der Waals surface area contributed by atoms with E-state index in [9.17, 15) is 43.5 Å². The maximum Gasteiger partial charge on any atom is 0.472 e. The van der Waals surface area contributed by atoms with Crippen LogP contribution >= 0.6 is 15.6 Å². The summed E-state index contributed by atoms with van der Waals surface area (Å²) >= 11 is 0. The normalized spacial score (nSPS) is 15.0. The smallest absolute Gasteiger partial charge is 0.463 e. The number of carbonyl (C=O) groups is 3. The zero-order valence-corrected chi connectivity index (χ0v) is 64.0. The molecule has 572 valence electrons. The van der Waals surface area contributed by atoms with E-state index >= 15 is 0 Å². The van der Waals surface area contributed by atoms with Crippen molar-refractivity contribution in [1.29, 1.82) is 0 Å². The Morgan fingerprint density at radius 2 is 0.495 bits per heavy atom. The number of allylic oxidation sites excluding steroid dienone is 30. The fourth-order valence-electron chi connectivity index (χ4n) is 9.41. The van der Waals surface area contributed by atoms with Gasteiger partial charge in [0.15, 0.2) is 6.10 Å². The van der Waals surface area contributed by atoms with Crippen molar-refractivity contribution in [2.24, 2.45) is 0 Å². The molecule has 0 aromatic heterocycles. The molecule has 0 saturated carbocycles. The average molecular weight is 1450 g/mol. The van der Waals surface area contributed by atoms with E-state index in [1.54, 1.807) is 0 Å². The second-order valence-electron chi connectivity index (χ2n) is 24.7. The molecule has 18 heteroatoms. The number of unbranched alkanes of at least 4 members (excludes halogenated alkanes) is 17. The molecule has 0 saturated heterocycles. The number of hydrogen-bond donors (Lipinski definition) is 4. The number of rotatable bonds is 70. The van der Waals surface area contributed by atoms with Gasteiger partial charge in [-0.3, -0.25) is 32.5 Å². The van der Waals surface area contributed by atoms with Crippen LogP contribution in [-0.2, 0) is 55.8 Å². The van der Waals surface area contributed by atoms with E-state index in [0.717, 1.165) is 180 Å². The number of aliphatic hydroxyl groups is 2. The van der Waals surface area contributed by atoms with Crippen molar-refractivity contribution in [3.05, 3.63) is 182 Å². The first-order valence-corrected chi connectivity index (χ1v) is 41.1. The van der Waals surface area contributed by atoms with E-state index < -0.39 is 91.5 Å². The molecule has 4 N–H and O–H groups in total. The number of phosphoric ester groups is 2. The van der Waals surface area contributed by atoms with Crippen molar-refractivity contribution in [2.75, 3.05) is 39.6 Å². The second-order valence-corrected chi connectivity index (χ2v) is 27.6. The Morgan fingerprint density at radius 3 is 0.792 bits per heavy atom. The highest BCUT2D eigenvalue weighted by Crippen LogP contribution is 2.45. The lowest BCUT2D eigenvalue weighted by molar-refractivity contribution is -0.161. The Balaban J connectivity index is 4.73. The van der Waals surface area contributed by atoms with Crippen molar-refractivity contribution < 1.29 is 75.8 Å².